The molecule has 10 heteroatoms. The molecule has 0 unspecified atom stereocenters. The van der Waals surface area contributed by atoms with Crippen molar-refractivity contribution in [1.82, 2.24) is 5.32 Å². The Kier molecular flexibility index (Phi) is 11.5. The zero-order chi connectivity index (χ0) is 30.2. The van der Waals surface area contributed by atoms with Crippen molar-refractivity contribution >= 4 is 24.4 Å². The first-order valence-electron chi connectivity index (χ1n) is 12.1. The van der Waals surface area contributed by atoms with Gasteiger partial charge < -0.3 is 5.32 Å². The van der Waals surface area contributed by atoms with Crippen LogP contribution in [-0.2, 0) is 29.4 Å². The minimum absolute atomic E-state index is 0. The van der Waals surface area contributed by atoms with Crippen molar-refractivity contribution < 1.29 is 48.2 Å². The van der Waals surface area contributed by atoms with Crippen molar-refractivity contribution in [3.63, 3.8) is 0 Å². The van der Waals surface area contributed by atoms with Gasteiger partial charge in [-0.25, -0.2) is 11.5 Å². The summed E-state index contributed by atoms with van der Waals surface area (Å²) in [6, 6.07) is 18.9. The third kappa shape index (κ3) is 9.41. The van der Waals surface area contributed by atoms with Crippen molar-refractivity contribution in [3.05, 3.63) is 154 Å². The van der Waals surface area contributed by atoms with E-state index < -0.39 is 48.9 Å². The molecule has 215 valence electrons. The summed E-state index contributed by atoms with van der Waals surface area (Å²) in [7, 11) is -1.09. The Morgan fingerprint density at radius 3 is 1.74 bits per heavy atom. The van der Waals surface area contributed by atoms with E-state index in [1.54, 1.807) is 0 Å². The SMILES string of the molecule is O=C(N[C@H](CP(c1ccccc1)c1ccccc1)C1=C=C=C=[C-]1)c1cc(C(F)(F)F)cc(C(F)(F)F)c1.[C]1=C=C=C=[C-]1.[Fe+2]. The van der Waals surface area contributed by atoms with Crippen LogP contribution in [0.5, 0.6) is 0 Å². The van der Waals surface area contributed by atoms with Crippen LogP contribution in [0.25, 0.3) is 0 Å². The largest absolute Gasteiger partial charge is 2.00 e. The van der Waals surface area contributed by atoms with Crippen LogP contribution < -0.4 is 15.9 Å². The quantitative estimate of drug-likeness (QED) is 0.0993. The Morgan fingerprint density at radius 1 is 0.791 bits per heavy atom. The first kappa shape index (κ1) is 33.3. The molecule has 1 radical (unpaired) electrons. The number of carbonyl (C=O) groups excluding carboxylic acids is 1. The minimum Gasteiger partial charge on any atom is -0.346 e. The third-order valence-electron chi connectivity index (χ3n) is 5.77. The Bertz CT molecular complexity index is 1650. The van der Waals surface area contributed by atoms with Crippen LogP contribution in [0.15, 0.2) is 119 Å². The Balaban J connectivity index is 0.000000765. The second kappa shape index (κ2) is 14.8. The molecular weight excluding hydrogens is 627 g/mol. The van der Waals surface area contributed by atoms with Gasteiger partial charge in [-0.3, -0.25) is 27.7 Å². The molecule has 0 fully saturated rings. The van der Waals surface area contributed by atoms with Gasteiger partial charge in [0.05, 0.1) is 11.1 Å². The summed E-state index contributed by atoms with van der Waals surface area (Å²) in [5.41, 5.74) is 11.9. The standard InChI is InChI=1S/C28H17F6NOP.C5.Fe/c29-27(30,31)21-15-20(16-22(17-21)28(32,33)34)26(36)35-25(19-9-7-8-10-19)18-37(23-11-3-1-4-12-23)24-13-5-2-6-14-24;1-2-4-5-3-1;/h1-6,11-17,25H,18H2,(H,35,36);;/q2*-1;+2/t25-;;/m1../s1. The molecule has 0 spiro atoms. The van der Waals surface area contributed by atoms with Crippen LogP contribution in [0, 0.1) is 18.2 Å². The number of carbonyl (C=O) groups is 1. The van der Waals surface area contributed by atoms with Crippen molar-refractivity contribution in [1.29, 1.82) is 0 Å². The zero-order valence-electron chi connectivity index (χ0n) is 21.8. The van der Waals surface area contributed by atoms with Gasteiger partial charge in [-0.1, -0.05) is 60.7 Å². The predicted molar refractivity (Wildman–Crippen MR) is 146 cm³/mol. The van der Waals surface area contributed by atoms with E-state index in [1.807, 2.05) is 60.7 Å². The van der Waals surface area contributed by atoms with E-state index >= 15 is 0 Å². The Hall–Kier alpha value is -4.18. The fraction of sp³-hybridized carbons (Fsp3) is 0.121. The van der Waals surface area contributed by atoms with Gasteiger partial charge >= 0.3 is 29.4 Å². The Labute approximate surface area is 255 Å². The summed E-state index contributed by atoms with van der Waals surface area (Å²) in [6.45, 7) is 0. The molecule has 0 bridgehead atoms. The van der Waals surface area contributed by atoms with Gasteiger partial charge in [0.15, 0.2) is 0 Å². The van der Waals surface area contributed by atoms with Crippen LogP contribution in [0.4, 0.5) is 26.3 Å². The van der Waals surface area contributed by atoms with Crippen LogP contribution in [-0.4, -0.2) is 18.1 Å². The second-order valence-corrected chi connectivity index (χ2v) is 10.9. The summed E-state index contributed by atoms with van der Waals surface area (Å²) in [5, 5.41) is 4.55. The number of benzene rings is 3. The van der Waals surface area contributed by atoms with Gasteiger partial charge in [0.25, 0.3) is 5.91 Å². The summed E-state index contributed by atoms with van der Waals surface area (Å²) in [4.78, 5) is 13.1. The van der Waals surface area contributed by atoms with E-state index in [0.717, 1.165) is 10.6 Å². The van der Waals surface area contributed by atoms with E-state index in [-0.39, 0.29) is 23.1 Å². The summed E-state index contributed by atoms with van der Waals surface area (Å²) < 4.78 is 79.9. The number of hydrogen-bond acceptors (Lipinski definition) is 1. The van der Waals surface area contributed by atoms with Crippen molar-refractivity contribution in [2.75, 3.05) is 6.16 Å². The molecule has 0 aromatic heterocycles. The van der Waals surface area contributed by atoms with Crippen molar-refractivity contribution in [3.8, 4) is 0 Å². The third-order valence-corrected chi connectivity index (χ3v) is 8.35. The Morgan fingerprint density at radius 2 is 1.35 bits per heavy atom. The second-order valence-electron chi connectivity index (χ2n) is 8.64. The summed E-state index contributed by atoms with van der Waals surface area (Å²) >= 11 is 0. The van der Waals surface area contributed by atoms with E-state index in [0.29, 0.717) is 23.9 Å². The molecule has 3 aromatic rings. The predicted octanol–water partition coefficient (Wildman–Crippen LogP) is 6.79. The van der Waals surface area contributed by atoms with Crippen LogP contribution in [0.2, 0.25) is 0 Å². The minimum atomic E-state index is -5.07. The van der Waals surface area contributed by atoms with Crippen LogP contribution in [0.1, 0.15) is 21.5 Å². The molecule has 1 amide bonds. The fourth-order valence-electron chi connectivity index (χ4n) is 3.85. The average Bonchev–Trinajstić information content (AvgIpc) is 3.73. The van der Waals surface area contributed by atoms with Gasteiger partial charge in [-0.2, -0.15) is 26.3 Å². The number of rotatable bonds is 7. The maximum absolute atomic E-state index is 13.3. The van der Waals surface area contributed by atoms with Gasteiger partial charge in [-0.05, 0) is 42.9 Å². The van der Waals surface area contributed by atoms with E-state index in [1.165, 1.54) is 0 Å². The molecule has 0 saturated heterocycles. The number of allylic oxidation sites excluding steroid dienone is 2. The molecular formula is C33H17F6FeNOP. The molecule has 1 atom stereocenters. The van der Waals surface area contributed by atoms with Gasteiger partial charge in [0, 0.05) is 11.6 Å². The maximum Gasteiger partial charge on any atom is 2.00 e. The maximum atomic E-state index is 13.3. The molecule has 1 N–H and O–H groups in total. The molecule has 0 saturated carbocycles. The van der Waals surface area contributed by atoms with E-state index in [4.69, 9.17) is 0 Å². The monoisotopic (exact) mass is 644 g/mol. The van der Waals surface area contributed by atoms with E-state index in [2.05, 4.69) is 57.9 Å². The normalized spacial score (nSPS) is 13.0. The van der Waals surface area contributed by atoms with Crippen molar-refractivity contribution in [2.45, 2.75) is 18.4 Å². The summed E-state index contributed by atoms with van der Waals surface area (Å²) in [5.74, 6) is -1.08. The number of nitrogens with one attached hydrogen (secondary N) is 1. The summed E-state index contributed by atoms with van der Waals surface area (Å²) in [6.07, 6.45) is -2.07. The average molecular weight is 644 g/mol. The zero-order valence-corrected chi connectivity index (χ0v) is 23.8. The number of halogens is 6. The smallest absolute Gasteiger partial charge is 0.346 e. The molecule has 0 heterocycles. The van der Waals surface area contributed by atoms with E-state index in [9.17, 15) is 31.1 Å². The fourth-order valence-corrected chi connectivity index (χ4v) is 6.28. The molecule has 3 aromatic carbocycles. The molecule has 5 rings (SSSR count). The van der Waals surface area contributed by atoms with Crippen LogP contribution >= 0.6 is 7.92 Å². The van der Waals surface area contributed by atoms with Crippen molar-refractivity contribution in [2.24, 2.45) is 0 Å². The molecule has 2 aliphatic rings. The molecule has 0 aliphatic heterocycles. The first-order valence-corrected chi connectivity index (χ1v) is 13.7. The topological polar surface area (TPSA) is 29.1 Å². The van der Waals surface area contributed by atoms with Gasteiger partial charge in [0.1, 0.15) is 0 Å². The number of amides is 1. The number of hydrogen-bond donors (Lipinski definition) is 1. The van der Waals surface area contributed by atoms with Gasteiger partial charge in [-0.15, -0.1) is 23.8 Å². The first-order chi connectivity index (χ1) is 20.0. The molecule has 2 aliphatic carbocycles. The van der Waals surface area contributed by atoms with Crippen LogP contribution in [0.3, 0.4) is 0 Å². The molecule has 43 heavy (non-hydrogen) atoms. The number of alkyl halides is 6. The molecule has 2 nitrogen and oxygen atoms in total. The van der Waals surface area contributed by atoms with Gasteiger partial charge in [0.2, 0.25) is 0 Å².